The van der Waals surface area contributed by atoms with Gasteiger partial charge >= 0.3 is 0 Å². The number of fused-ring (bicyclic) bond motifs is 3. The first kappa shape index (κ1) is 15.7. The highest BCUT2D eigenvalue weighted by atomic mass is 79.9. The van der Waals surface area contributed by atoms with Gasteiger partial charge in [-0.15, -0.1) is 0 Å². The van der Waals surface area contributed by atoms with Gasteiger partial charge in [0.25, 0.3) is 0 Å². The molecule has 0 saturated carbocycles. The summed E-state index contributed by atoms with van der Waals surface area (Å²) in [4.78, 5) is 0. The second kappa shape index (κ2) is 6.25. The van der Waals surface area contributed by atoms with E-state index in [0.29, 0.717) is 0 Å². The number of nitrogens with zero attached hydrogens (tertiary/aromatic N) is 2. The van der Waals surface area contributed by atoms with Crippen molar-refractivity contribution < 1.29 is 4.74 Å². The zero-order valence-corrected chi connectivity index (χ0v) is 15.6. The fraction of sp³-hybridized carbons (Fsp3) is 0.350. The number of hydrazone groups is 1. The van der Waals surface area contributed by atoms with Gasteiger partial charge in [-0.1, -0.05) is 59.1 Å². The van der Waals surface area contributed by atoms with E-state index in [1.807, 2.05) is 6.07 Å². The van der Waals surface area contributed by atoms with Crippen LogP contribution in [0.2, 0.25) is 0 Å². The number of aryl methyl sites for hydroxylation is 1. The van der Waals surface area contributed by atoms with E-state index in [4.69, 9.17) is 9.84 Å². The standard InChI is InChI=1S/C20H21BrN2O/c1-3-4-20-23-18(16-11-15(21)9-10-19(16)24-20)12-17(22-23)14-7-5-13(2)6-8-14/h5-11,18,20H,3-4,12H2,1-2H3/t18-,20+/m0/s1. The zero-order chi connectivity index (χ0) is 16.7. The Labute approximate surface area is 151 Å². The molecule has 0 spiro atoms. The first-order chi connectivity index (χ1) is 11.7. The third-order valence-electron chi connectivity index (χ3n) is 4.75. The number of halogens is 1. The smallest absolute Gasteiger partial charge is 0.187 e. The fourth-order valence-corrected chi connectivity index (χ4v) is 3.87. The van der Waals surface area contributed by atoms with Crippen LogP contribution in [0.3, 0.4) is 0 Å². The molecule has 24 heavy (non-hydrogen) atoms. The monoisotopic (exact) mass is 384 g/mol. The molecule has 2 aromatic carbocycles. The molecule has 2 heterocycles. The average molecular weight is 385 g/mol. The summed E-state index contributed by atoms with van der Waals surface area (Å²) < 4.78 is 7.33. The topological polar surface area (TPSA) is 24.8 Å². The molecule has 0 N–H and O–H groups in total. The predicted octanol–water partition coefficient (Wildman–Crippen LogP) is 5.43. The predicted molar refractivity (Wildman–Crippen MR) is 100 cm³/mol. The zero-order valence-electron chi connectivity index (χ0n) is 14.0. The highest BCUT2D eigenvalue weighted by Gasteiger charge is 2.39. The summed E-state index contributed by atoms with van der Waals surface area (Å²) in [5.41, 5.74) is 4.86. The van der Waals surface area contributed by atoms with Gasteiger partial charge in [-0.2, -0.15) is 5.10 Å². The third-order valence-corrected chi connectivity index (χ3v) is 5.24. The lowest BCUT2D eigenvalue weighted by Gasteiger charge is -2.38. The third kappa shape index (κ3) is 2.73. The fourth-order valence-electron chi connectivity index (χ4n) is 3.49. The van der Waals surface area contributed by atoms with E-state index in [2.05, 4.69) is 71.2 Å². The largest absolute Gasteiger partial charge is 0.469 e. The molecule has 0 aromatic heterocycles. The van der Waals surface area contributed by atoms with Crippen LogP contribution in [0.1, 0.15) is 48.9 Å². The Balaban J connectivity index is 1.72. The summed E-state index contributed by atoms with van der Waals surface area (Å²) >= 11 is 3.59. The van der Waals surface area contributed by atoms with Crippen molar-refractivity contribution in [3.05, 3.63) is 63.6 Å². The highest BCUT2D eigenvalue weighted by Crippen LogP contribution is 2.44. The van der Waals surface area contributed by atoms with Gasteiger partial charge in [0.15, 0.2) is 6.23 Å². The average Bonchev–Trinajstić information content (AvgIpc) is 3.02. The Morgan fingerprint density at radius 3 is 2.75 bits per heavy atom. The minimum Gasteiger partial charge on any atom is -0.469 e. The van der Waals surface area contributed by atoms with E-state index in [0.717, 1.165) is 35.2 Å². The molecule has 0 amide bonds. The Bertz CT molecular complexity index is 785. The number of hydrogen-bond donors (Lipinski definition) is 0. The van der Waals surface area contributed by atoms with Crippen LogP contribution in [0, 0.1) is 6.92 Å². The molecule has 0 bridgehead atoms. The van der Waals surface area contributed by atoms with Crippen molar-refractivity contribution in [1.29, 1.82) is 0 Å². The van der Waals surface area contributed by atoms with Crippen LogP contribution in [0.25, 0.3) is 0 Å². The lowest BCUT2D eigenvalue weighted by Crippen LogP contribution is -2.40. The van der Waals surface area contributed by atoms with E-state index < -0.39 is 0 Å². The van der Waals surface area contributed by atoms with Gasteiger partial charge < -0.3 is 4.74 Å². The number of benzene rings is 2. The van der Waals surface area contributed by atoms with Crippen molar-refractivity contribution >= 4 is 21.6 Å². The lowest BCUT2D eigenvalue weighted by molar-refractivity contribution is -0.0223. The maximum atomic E-state index is 6.24. The molecule has 4 rings (SSSR count). The summed E-state index contributed by atoms with van der Waals surface area (Å²) in [6.45, 7) is 4.30. The molecule has 0 unspecified atom stereocenters. The van der Waals surface area contributed by atoms with Crippen molar-refractivity contribution in [3.8, 4) is 5.75 Å². The molecule has 3 nitrogen and oxygen atoms in total. The van der Waals surface area contributed by atoms with Crippen molar-refractivity contribution in [1.82, 2.24) is 5.01 Å². The SMILES string of the molecule is CCC[C@H]1Oc2ccc(Br)cc2[C@@H]2CC(c3ccc(C)cc3)=NN12. The summed E-state index contributed by atoms with van der Waals surface area (Å²) in [5, 5.41) is 7.12. The maximum absolute atomic E-state index is 6.24. The summed E-state index contributed by atoms with van der Waals surface area (Å²) in [6, 6.07) is 15.2. The van der Waals surface area contributed by atoms with Crippen LogP contribution in [0.5, 0.6) is 5.75 Å². The quantitative estimate of drug-likeness (QED) is 0.704. The van der Waals surface area contributed by atoms with Crippen molar-refractivity contribution in [2.45, 2.75) is 45.4 Å². The molecule has 2 atom stereocenters. The lowest BCUT2D eigenvalue weighted by atomic mass is 9.96. The van der Waals surface area contributed by atoms with Crippen molar-refractivity contribution in [2.75, 3.05) is 0 Å². The molecular weight excluding hydrogens is 364 g/mol. The maximum Gasteiger partial charge on any atom is 0.187 e. The number of hydrogen-bond acceptors (Lipinski definition) is 3. The van der Waals surface area contributed by atoms with Crippen LogP contribution in [0.15, 0.2) is 52.0 Å². The van der Waals surface area contributed by atoms with Gasteiger partial charge in [0.1, 0.15) is 5.75 Å². The molecule has 0 saturated heterocycles. The Morgan fingerprint density at radius 2 is 2.00 bits per heavy atom. The van der Waals surface area contributed by atoms with Crippen LogP contribution < -0.4 is 4.74 Å². The second-order valence-electron chi connectivity index (χ2n) is 6.56. The molecule has 4 heteroatoms. The normalized spacial score (nSPS) is 21.8. The first-order valence-corrected chi connectivity index (χ1v) is 9.34. The van der Waals surface area contributed by atoms with Gasteiger partial charge in [0.05, 0.1) is 11.8 Å². The summed E-state index contributed by atoms with van der Waals surface area (Å²) in [5.74, 6) is 0.998. The van der Waals surface area contributed by atoms with E-state index in [9.17, 15) is 0 Å². The van der Waals surface area contributed by atoms with Gasteiger partial charge in [-0.05, 0) is 30.7 Å². The van der Waals surface area contributed by atoms with E-state index in [-0.39, 0.29) is 12.3 Å². The van der Waals surface area contributed by atoms with Crippen molar-refractivity contribution in [2.24, 2.45) is 5.10 Å². The van der Waals surface area contributed by atoms with E-state index >= 15 is 0 Å². The Hall–Kier alpha value is -1.81. The summed E-state index contributed by atoms with van der Waals surface area (Å²) in [7, 11) is 0. The molecule has 2 aromatic rings. The van der Waals surface area contributed by atoms with E-state index in [1.165, 1.54) is 16.7 Å². The van der Waals surface area contributed by atoms with Gasteiger partial charge in [-0.25, -0.2) is 0 Å². The summed E-state index contributed by atoms with van der Waals surface area (Å²) in [6.07, 6.45) is 3.01. The molecule has 0 fully saturated rings. The Kier molecular flexibility index (Phi) is 4.09. The van der Waals surface area contributed by atoms with Gasteiger partial charge in [0, 0.05) is 22.9 Å². The minimum absolute atomic E-state index is 0.0247. The van der Waals surface area contributed by atoms with E-state index in [1.54, 1.807) is 0 Å². The first-order valence-electron chi connectivity index (χ1n) is 8.54. The molecule has 2 aliphatic heterocycles. The Morgan fingerprint density at radius 1 is 1.21 bits per heavy atom. The minimum atomic E-state index is 0.0247. The number of ether oxygens (including phenoxy) is 1. The van der Waals surface area contributed by atoms with Gasteiger partial charge in [0.2, 0.25) is 0 Å². The van der Waals surface area contributed by atoms with Crippen LogP contribution in [-0.2, 0) is 0 Å². The molecule has 124 valence electrons. The van der Waals surface area contributed by atoms with Crippen LogP contribution in [0.4, 0.5) is 0 Å². The van der Waals surface area contributed by atoms with Crippen LogP contribution >= 0.6 is 15.9 Å². The molecule has 0 aliphatic carbocycles. The van der Waals surface area contributed by atoms with Crippen LogP contribution in [-0.4, -0.2) is 16.9 Å². The molecule has 0 radical (unpaired) electrons. The molecule has 2 aliphatic rings. The van der Waals surface area contributed by atoms with Crippen molar-refractivity contribution in [3.63, 3.8) is 0 Å². The van der Waals surface area contributed by atoms with Gasteiger partial charge in [-0.3, -0.25) is 5.01 Å². The number of rotatable bonds is 3. The highest BCUT2D eigenvalue weighted by molar-refractivity contribution is 9.10. The molecular formula is C20H21BrN2O. The second-order valence-corrected chi connectivity index (χ2v) is 7.47.